The molecule has 0 fully saturated rings. The fraction of sp³-hybridized carbons (Fsp3) is 0.286. The molecule has 0 unspecified atom stereocenters. The lowest BCUT2D eigenvalue weighted by Gasteiger charge is -2.14. The van der Waals surface area contributed by atoms with Crippen molar-refractivity contribution in [3.05, 3.63) is 21.5 Å². The van der Waals surface area contributed by atoms with Crippen LogP contribution in [0.4, 0.5) is 10.7 Å². The number of halogens is 1. The number of urea groups is 1. The van der Waals surface area contributed by atoms with Gasteiger partial charge >= 0.3 is 12.0 Å². The lowest BCUT2D eigenvalue weighted by molar-refractivity contribution is 0.0477. The first-order valence-electron chi connectivity index (χ1n) is 7.54. The number of hydrogen-bond acceptors (Lipinski definition) is 10. The molecule has 0 atom stereocenters. The summed E-state index contributed by atoms with van der Waals surface area (Å²) >= 11 is 6.70. The Labute approximate surface area is 168 Å². The van der Waals surface area contributed by atoms with Gasteiger partial charge < -0.3 is 14.2 Å². The number of nitrogens with zero attached hydrogens (tertiary/aromatic N) is 2. The first kappa shape index (κ1) is 20.1. The molecule has 0 bridgehead atoms. The average molecular weight is 449 g/mol. The molecule has 0 saturated heterocycles. The summed E-state index contributed by atoms with van der Waals surface area (Å²) < 4.78 is 41.5. The molecule has 1 aliphatic rings. The van der Waals surface area contributed by atoms with Crippen molar-refractivity contribution in [3.8, 4) is 11.8 Å². The van der Waals surface area contributed by atoms with E-state index in [9.17, 15) is 18.0 Å². The van der Waals surface area contributed by atoms with E-state index in [0.29, 0.717) is 16.9 Å². The zero-order chi connectivity index (χ0) is 20.5. The molecule has 3 rings (SSSR count). The summed E-state index contributed by atoms with van der Waals surface area (Å²) in [6.45, 7) is 0.102. The Morgan fingerprint density at radius 2 is 1.93 bits per heavy atom. The topological polar surface area (TPSA) is 146 Å². The van der Waals surface area contributed by atoms with E-state index in [2.05, 4.69) is 15.3 Å². The lowest BCUT2D eigenvalue weighted by Crippen LogP contribution is -2.35. The van der Waals surface area contributed by atoms with Crippen molar-refractivity contribution in [1.29, 1.82) is 0 Å². The second-order valence-electron chi connectivity index (χ2n) is 5.24. The van der Waals surface area contributed by atoms with Crippen LogP contribution in [0, 0.1) is 0 Å². The van der Waals surface area contributed by atoms with Gasteiger partial charge in [-0.15, -0.1) is 11.3 Å². The minimum Gasteiger partial charge on any atom is -0.481 e. The van der Waals surface area contributed by atoms with Crippen molar-refractivity contribution in [1.82, 2.24) is 14.7 Å². The molecule has 2 amide bonds. The maximum Gasteiger partial charge on any atom is 0.340 e. The first-order valence-corrected chi connectivity index (χ1v) is 10.2. The quantitative estimate of drug-likeness (QED) is 0.648. The molecule has 2 aromatic heterocycles. The van der Waals surface area contributed by atoms with E-state index in [0.717, 1.165) is 0 Å². The van der Waals surface area contributed by atoms with Gasteiger partial charge in [0.05, 0.1) is 36.8 Å². The number of sulfonamides is 1. The fourth-order valence-electron chi connectivity index (χ4n) is 2.32. The monoisotopic (exact) mass is 448 g/mol. The number of anilines is 1. The molecule has 0 saturated carbocycles. The van der Waals surface area contributed by atoms with Crippen LogP contribution in [-0.2, 0) is 21.2 Å². The molecule has 14 heteroatoms. The highest BCUT2D eigenvalue weighted by Gasteiger charge is 2.34. The maximum atomic E-state index is 12.6. The molecule has 0 spiro atoms. The number of carbonyl (C=O) groups is 2. The number of thiophene rings is 1. The molecule has 11 nitrogen and oxygen atoms in total. The van der Waals surface area contributed by atoms with Gasteiger partial charge in [-0.2, -0.15) is 9.97 Å². The Morgan fingerprint density at radius 3 is 2.54 bits per heavy atom. The number of carbonyl (C=O) groups excluding carboxylic acids is 2. The van der Waals surface area contributed by atoms with Crippen LogP contribution in [0.25, 0.3) is 0 Å². The van der Waals surface area contributed by atoms with Gasteiger partial charge in [0.15, 0.2) is 4.21 Å². The van der Waals surface area contributed by atoms with Crippen molar-refractivity contribution in [2.24, 2.45) is 0 Å². The van der Waals surface area contributed by atoms with Crippen molar-refractivity contribution in [2.75, 3.05) is 26.1 Å². The highest BCUT2D eigenvalue weighted by molar-refractivity contribution is 7.92. The van der Waals surface area contributed by atoms with Crippen LogP contribution in [0.3, 0.4) is 0 Å². The van der Waals surface area contributed by atoms with Crippen molar-refractivity contribution < 1.29 is 32.2 Å². The number of ether oxygens (including phenoxy) is 3. The number of methoxy groups -OCH3 is 2. The van der Waals surface area contributed by atoms with E-state index >= 15 is 0 Å². The third-order valence-electron chi connectivity index (χ3n) is 3.51. The molecule has 0 aliphatic carbocycles. The Bertz CT molecular complexity index is 1030. The molecular formula is C14H13ClN4O7S2. The molecular weight excluding hydrogens is 436 g/mol. The maximum absolute atomic E-state index is 12.6. The molecule has 0 radical (unpaired) electrons. The highest BCUT2D eigenvalue weighted by atomic mass is 35.5. The molecule has 0 aromatic carbocycles. The Kier molecular flexibility index (Phi) is 5.58. The minimum absolute atomic E-state index is 0.0897. The van der Waals surface area contributed by atoms with Crippen LogP contribution in [-0.4, -0.2) is 51.2 Å². The second kappa shape index (κ2) is 7.77. The number of rotatable bonds is 5. The average Bonchev–Trinajstić information content (AvgIpc) is 3.00. The van der Waals surface area contributed by atoms with Gasteiger partial charge in [-0.3, -0.25) is 5.32 Å². The normalized spacial score (nSPS) is 13.3. The number of hydrogen-bond donors (Lipinski definition) is 2. The SMILES string of the molecule is COc1cc(OC)nc(NC(=O)NS(=O)(=O)c2sc(Cl)c3c2C(=O)OCC3)n1. The number of cyclic esters (lactones) is 1. The van der Waals surface area contributed by atoms with Crippen LogP contribution in [0.1, 0.15) is 15.9 Å². The second-order valence-corrected chi connectivity index (χ2v) is 8.74. The summed E-state index contributed by atoms with van der Waals surface area (Å²) in [5, 5.41) is 2.16. The standard InChI is InChI=1S/C14H13ClN4O7S2/c1-24-7-5-8(25-2)17-13(16-7)18-14(21)19-28(22,23)12-9-6(10(15)27-12)3-4-26-11(9)20/h5H,3-4H2,1-2H3,(H2,16,17,18,19,21). The molecule has 150 valence electrons. The number of aromatic nitrogens is 2. The van der Waals surface area contributed by atoms with Gasteiger partial charge in [0.25, 0.3) is 10.0 Å². The van der Waals surface area contributed by atoms with Crippen molar-refractivity contribution in [2.45, 2.75) is 10.6 Å². The smallest absolute Gasteiger partial charge is 0.340 e. The van der Waals surface area contributed by atoms with Crippen LogP contribution in [0.5, 0.6) is 11.8 Å². The van der Waals surface area contributed by atoms with E-state index in [1.54, 1.807) is 4.72 Å². The van der Waals surface area contributed by atoms with E-state index in [1.165, 1.54) is 20.3 Å². The summed E-state index contributed by atoms with van der Waals surface area (Å²) in [6, 6.07) is 0.212. The Morgan fingerprint density at radius 1 is 1.29 bits per heavy atom. The number of nitrogens with one attached hydrogen (secondary N) is 2. The van der Waals surface area contributed by atoms with Gasteiger partial charge in [-0.25, -0.2) is 22.7 Å². The summed E-state index contributed by atoms with van der Waals surface area (Å²) in [5.74, 6) is -0.890. The molecule has 1 aliphatic heterocycles. The Hall–Kier alpha value is -2.64. The highest BCUT2D eigenvalue weighted by Crippen LogP contribution is 2.38. The van der Waals surface area contributed by atoms with E-state index in [-0.39, 0.29) is 40.6 Å². The summed E-state index contributed by atoms with van der Waals surface area (Å²) in [4.78, 5) is 31.8. The van der Waals surface area contributed by atoms with Gasteiger partial charge in [-0.05, 0) is 0 Å². The van der Waals surface area contributed by atoms with E-state index in [1.807, 2.05) is 0 Å². The number of amides is 2. The zero-order valence-electron chi connectivity index (χ0n) is 14.4. The van der Waals surface area contributed by atoms with Crippen LogP contribution in [0.2, 0.25) is 4.34 Å². The molecule has 2 N–H and O–H groups in total. The van der Waals surface area contributed by atoms with Gasteiger partial charge in [-0.1, -0.05) is 11.6 Å². The van der Waals surface area contributed by atoms with E-state index in [4.69, 9.17) is 25.8 Å². The van der Waals surface area contributed by atoms with Gasteiger partial charge in [0.2, 0.25) is 17.7 Å². The third kappa shape index (κ3) is 3.95. The molecule has 28 heavy (non-hydrogen) atoms. The van der Waals surface area contributed by atoms with Crippen LogP contribution in [0.15, 0.2) is 10.3 Å². The molecule has 2 aromatic rings. The minimum atomic E-state index is -4.41. The van der Waals surface area contributed by atoms with Crippen molar-refractivity contribution >= 4 is 50.9 Å². The number of esters is 1. The van der Waals surface area contributed by atoms with Crippen LogP contribution >= 0.6 is 22.9 Å². The van der Waals surface area contributed by atoms with Crippen LogP contribution < -0.4 is 19.5 Å². The fourth-order valence-corrected chi connectivity index (χ4v) is 5.35. The predicted octanol–water partition coefficient (Wildman–Crippen LogP) is 1.43. The number of fused-ring (bicyclic) bond motifs is 1. The van der Waals surface area contributed by atoms with Gasteiger partial charge in [0.1, 0.15) is 0 Å². The third-order valence-corrected chi connectivity index (χ3v) is 6.84. The summed E-state index contributed by atoms with van der Waals surface area (Å²) in [5.41, 5.74) is 0.213. The lowest BCUT2D eigenvalue weighted by atomic mass is 10.1. The zero-order valence-corrected chi connectivity index (χ0v) is 16.8. The summed E-state index contributed by atoms with van der Waals surface area (Å²) in [6.07, 6.45) is 0.287. The molecule has 3 heterocycles. The van der Waals surface area contributed by atoms with Gasteiger partial charge in [0, 0.05) is 12.0 Å². The Balaban J connectivity index is 1.84. The predicted molar refractivity (Wildman–Crippen MR) is 97.8 cm³/mol. The van der Waals surface area contributed by atoms with Crippen molar-refractivity contribution in [3.63, 3.8) is 0 Å². The first-order chi connectivity index (χ1) is 13.2. The van der Waals surface area contributed by atoms with E-state index < -0.39 is 26.2 Å². The largest absolute Gasteiger partial charge is 0.481 e. The summed E-state index contributed by atoms with van der Waals surface area (Å²) in [7, 11) is -1.72.